The van der Waals surface area contributed by atoms with Crippen LogP contribution in [-0.4, -0.2) is 25.7 Å². The minimum atomic E-state index is -0.306. The van der Waals surface area contributed by atoms with Crippen LogP contribution in [0.4, 0.5) is 0 Å². The van der Waals surface area contributed by atoms with Crippen LogP contribution in [0.5, 0.6) is 0 Å². The molecule has 6 heteroatoms. The molecular formula is C21H25N5O. The van der Waals surface area contributed by atoms with Crippen LogP contribution in [0, 0.1) is 6.92 Å². The molecule has 3 rings (SSSR count). The maximum atomic E-state index is 11.6. The molecule has 6 nitrogen and oxygen atoms in total. The molecule has 0 saturated heterocycles. The molecule has 0 spiro atoms. The van der Waals surface area contributed by atoms with E-state index < -0.39 is 0 Å². The Labute approximate surface area is 159 Å². The Kier molecular flexibility index (Phi) is 5.64. The maximum absolute atomic E-state index is 11.6. The third kappa shape index (κ3) is 4.58. The van der Waals surface area contributed by atoms with Gasteiger partial charge in [-0.2, -0.15) is 5.10 Å². The topological polar surface area (TPSA) is 86.7 Å². The van der Waals surface area contributed by atoms with Crippen LogP contribution < -0.4 is 5.73 Å². The first kappa shape index (κ1) is 18.8. The van der Waals surface area contributed by atoms with E-state index >= 15 is 0 Å². The first-order chi connectivity index (χ1) is 12.9. The van der Waals surface area contributed by atoms with Gasteiger partial charge >= 0.3 is 0 Å². The van der Waals surface area contributed by atoms with Crippen molar-refractivity contribution in [3.8, 4) is 0 Å². The Hall–Kier alpha value is -3.02. The fourth-order valence-corrected chi connectivity index (χ4v) is 3.19. The van der Waals surface area contributed by atoms with Crippen molar-refractivity contribution in [1.29, 1.82) is 0 Å². The van der Waals surface area contributed by atoms with Crippen molar-refractivity contribution in [2.24, 2.45) is 12.8 Å². The van der Waals surface area contributed by atoms with Gasteiger partial charge in [0.15, 0.2) is 0 Å². The second-order valence-electron chi connectivity index (χ2n) is 6.94. The number of nitrogens with zero attached hydrogens (tertiary/aromatic N) is 4. The van der Waals surface area contributed by atoms with E-state index in [0.717, 1.165) is 46.6 Å². The number of benzene rings is 1. The standard InChI is InChI=1S/C21H25N5O/c1-14-11-23-20(10-16-12-24-26(3)13-16)25-19(14)9-8-17-6-4-5-7-18(17)15(2)21(22)27/h4-7,11-13,15H,8-10H2,1-3H3,(H2,22,27)/t15-/m1/s1. The zero-order valence-electron chi connectivity index (χ0n) is 16.0. The number of aromatic nitrogens is 4. The molecule has 1 aromatic carbocycles. The molecule has 0 radical (unpaired) electrons. The molecule has 0 bridgehead atoms. The molecule has 1 amide bonds. The van der Waals surface area contributed by atoms with Crippen LogP contribution in [0.3, 0.4) is 0 Å². The molecule has 0 fully saturated rings. The summed E-state index contributed by atoms with van der Waals surface area (Å²) in [5, 5.41) is 4.19. The van der Waals surface area contributed by atoms with Gasteiger partial charge in [0, 0.05) is 31.6 Å². The third-order valence-electron chi connectivity index (χ3n) is 4.83. The van der Waals surface area contributed by atoms with Crippen molar-refractivity contribution >= 4 is 5.91 Å². The number of amides is 1. The maximum Gasteiger partial charge on any atom is 0.224 e. The highest BCUT2D eigenvalue weighted by atomic mass is 16.1. The second kappa shape index (κ2) is 8.12. The number of hydrogen-bond donors (Lipinski definition) is 1. The number of carbonyl (C=O) groups is 1. The van der Waals surface area contributed by atoms with Crippen LogP contribution in [0.2, 0.25) is 0 Å². The molecule has 2 N–H and O–H groups in total. The van der Waals surface area contributed by atoms with E-state index in [1.54, 1.807) is 4.68 Å². The quantitative estimate of drug-likeness (QED) is 0.699. The van der Waals surface area contributed by atoms with Gasteiger partial charge in [0.05, 0.1) is 12.1 Å². The van der Waals surface area contributed by atoms with Crippen molar-refractivity contribution in [3.05, 3.63) is 76.6 Å². The highest BCUT2D eigenvalue weighted by molar-refractivity contribution is 5.81. The van der Waals surface area contributed by atoms with Crippen LogP contribution in [0.25, 0.3) is 0 Å². The molecule has 0 aliphatic rings. The summed E-state index contributed by atoms with van der Waals surface area (Å²) in [5.41, 5.74) is 10.8. The molecule has 0 unspecified atom stereocenters. The Bertz CT molecular complexity index is 947. The van der Waals surface area contributed by atoms with E-state index in [9.17, 15) is 4.79 Å². The molecule has 0 aliphatic carbocycles. The highest BCUT2D eigenvalue weighted by Gasteiger charge is 2.15. The molecule has 3 aromatic rings. The van der Waals surface area contributed by atoms with E-state index in [4.69, 9.17) is 10.7 Å². The lowest BCUT2D eigenvalue weighted by Gasteiger charge is -2.14. The Morgan fingerprint density at radius 2 is 2.00 bits per heavy atom. The lowest BCUT2D eigenvalue weighted by Crippen LogP contribution is -2.20. The number of carbonyl (C=O) groups excluding carboxylic acids is 1. The largest absolute Gasteiger partial charge is 0.369 e. The Morgan fingerprint density at radius 1 is 1.22 bits per heavy atom. The second-order valence-corrected chi connectivity index (χ2v) is 6.94. The summed E-state index contributed by atoms with van der Waals surface area (Å²) < 4.78 is 1.78. The molecule has 2 aromatic heterocycles. The summed E-state index contributed by atoms with van der Waals surface area (Å²) in [6, 6.07) is 7.97. The smallest absolute Gasteiger partial charge is 0.224 e. The van der Waals surface area contributed by atoms with Crippen molar-refractivity contribution < 1.29 is 4.79 Å². The van der Waals surface area contributed by atoms with Crippen molar-refractivity contribution in [2.75, 3.05) is 0 Å². The lowest BCUT2D eigenvalue weighted by atomic mass is 9.92. The molecule has 0 saturated carbocycles. The van der Waals surface area contributed by atoms with E-state index in [2.05, 4.69) is 16.1 Å². The summed E-state index contributed by atoms with van der Waals surface area (Å²) >= 11 is 0. The van der Waals surface area contributed by atoms with E-state index in [1.807, 2.05) is 57.7 Å². The van der Waals surface area contributed by atoms with Gasteiger partial charge in [-0.1, -0.05) is 24.3 Å². The summed E-state index contributed by atoms with van der Waals surface area (Å²) in [6.45, 7) is 3.88. The Morgan fingerprint density at radius 3 is 2.70 bits per heavy atom. The Balaban J connectivity index is 1.76. The van der Waals surface area contributed by atoms with Crippen LogP contribution >= 0.6 is 0 Å². The number of primary amides is 1. The average molecular weight is 363 g/mol. The summed E-state index contributed by atoms with van der Waals surface area (Å²) in [7, 11) is 1.90. The molecular weight excluding hydrogens is 338 g/mol. The monoisotopic (exact) mass is 363 g/mol. The van der Waals surface area contributed by atoms with Crippen molar-refractivity contribution in [3.63, 3.8) is 0 Å². The van der Waals surface area contributed by atoms with Gasteiger partial charge in [0.1, 0.15) is 5.82 Å². The first-order valence-corrected chi connectivity index (χ1v) is 9.10. The lowest BCUT2D eigenvalue weighted by molar-refractivity contribution is -0.119. The molecule has 0 aliphatic heterocycles. The SMILES string of the molecule is Cc1cnc(Cc2cnn(C)c2)nc1CCc1ccccc1[C@@H](C)C(N)=O. The van der Waals surface area contributed by atoms with E-state index in [0.29, 0.717) is 6.42 Å². The minimum Gasteiger partial charge on any atom is -0.369 e. The fourth-order valence-electron chi connectivity index (χ4n) is 3.19. The van der Waals surface area contributed by atoms with Crippen molar-refractivity contribution in [2.45, 2.75) is 39.0 Å². The highest BCUT2D eigenvalue weighted by Crippen LogP contribution is 2.21. The van der Waals surface area contributed by atoms with E-state index in [1.165, 1.54) is 0 Å². The van der Waals surface area contributed by atoms with Gasteiger partial charge in [-0.05, 0) is 48.9 Å². The number of nitrogens with two attached hydrogens (primary N) is 1. The summed E-state index contributed by atoms with van der Waals surface area (Å²) in [6.07, 6.45) is 7.95. The average Bonchev–Trinajstić information content (AvgIpc) is 3.06. The zero-order valence-corrected chi connectivity index (χ0v) is 16.0. The van der Waals surface area contributed by atoms with Crippen LogP contribution in [0.1, 0.15) is 46.6 Å². The van der Waals surface area contributed by atoms with Gasteiger partial charge in [-0.25, -0.2) is 9.97 Å². The summed E-state index contributed by atoms with van der Waals surface area (Å²) in [5.74, 6) is 0.190. The molecule has 2 heterocycles. The van der Waals surface area contributed by atoms with Gasteiger partial charge in [0.2, 0.25) is 5.91 Å². The zero-order chi connectivity index (χ0) is 19.4. The molecule has 140 valence electrons. The molecule has 27 heavy (non-hydrogen) atoms. The van der Waals surface area contributed by atoms with E-state index in [-0.39, 0.29) is 11.8 Å². The van der Waals surface area contributed by atoms with Crippen LogP contribution in [0.15, 0.2) is 42.9 Å². The number of aryl methyl sites for hydroxylation is 4. The van der Waals surface area contributed by atoms with Crippen molar-refractivity contribution in [1.82, 2.24) is 19.7 Å². The van der Waals surface area contributed by atoms with Gasteiger partial charge in [-0.3, -0.25) is 9.48 Å². The predicted octanol–water partition coefficient (Wildman–Crippen LogP) is 2.48. The minimum absolute atomic E-state index is 0.297. The fraction of sp³-hybridized carbons (Fsp3) is 0.333. The number of hydrogen-bond acceptors (Lipinski definition) is 4. The van der Waals surface area contributed by atoms with Crippen LogP contribution in [-0.2, 0) is 31.1 Å². The van der Waals surface area contributed by atoms with Gasteiger partial charge in [0.25, 0.3) is 0 Å². The third-order valence-corrected chi connectivity index (χ3v) is 4.83. The summed E-state index contributed by atoms with van der Waals surface area (Å²) in [4.78, 5) is 20.8. The first-order valence-electron chi connectivity index (χ1n) is 9.10. The number of rotatable bonds is 7. The predicted molar refractivity (Wildman–Crippen MR) is 104 cm³/mol. The van der Waals surface area contributed by atoms with Gasteiger partial charge in [-0.15, -0.1) is 0 Å². The van der Waals surface area contributed by atoms with Gasteiger partial charge < -0.3 is 5.73 Å². The molecule has 1 atom stereocenters. The normalized spacial score (nSPS) is 12.1.